The van der Waals surface area contributed by atoms with Crippen LogP contribution in [-0.4, -0.2) is 21.7 Å². The normalized spacial score (nSPS) is 11.6. The topological polar surface area (TPSA) is 76.2 Å². The number of nitrogens with one attached hydrogen (secondary N) is 2. The molecule has 1 amide bonds. The highest BCUT2D eigenvalue weighted by Gasteiger charge is 2.18. The van der Waals surface area contributed by atoms with Gasteiger partial charge in [0.05, 0.1) is 39.0 Å². The summed E-state index contributed by atoms with van der Waals surface area (Å²) in [5.41, 5.74) is 3.44. The lowest BCUT2D eigenvalue weighted by Crippen LogP contribution is -2.32. The molecule has 1 aromatic carbocycles. The lowest BCUT2D eigenvalue weighted by Gasteiger charge is -2.19. The third-order valence-corrected chi connectivity index (χ3v) is 4.89. The van der Waals surface area contributed by atoms with Gasteiger partial charge in [-0.3, -0.25) is 0 Å². The summed E-state index contributed by atoms with van der Waals surface area (Å²) >= 11 is 14.2. The van der Waals surface area contributed by atoms with Crippen LogP contribution in [0.1, 0.15) is 32.2 Å². The van der Waals surface area contributed by atoms with E-state index < -0.39 is 11.7 Å². The number of H-pyrrole nitrogens is 1. The molecule has 27 heavy (non-hydrogen) atoms. The first-order valence-electron chi connectivity index (χ1n) is 8.19. The Hall–Kier alpha value is -1.96. The van der Waals surface area contributed by atoms with Crippen molar-refractivity contribution in [3.05, 3.63) is 44.5 Å². The minimum absolute atomic E-state index is 0.203. The van der Waals surface area contributed by atoms with Gasteiger partial charge in [0.25, 0.3) is 0 Å². The lowest BCUT2D eigenvalue weighted by molar-refractivity contribution is 0.0523. The van der Waals surface area contributed by atoms with E-state index in [0.717, 1.165) is 16.6 Å². The molecule has 2 aromatic heterocycles. The summed E-state index contributed by atoms with van der Waals surface area (Å²) in [6, 6.07) is 3.52. The molecule has 0 saturated heterocycles. The van der Waals surface area contributed by atoms with E-state index >= 15 is 0 Å². The van der Waals surface area contributed by atoms with Crippen LogP contribution in [0, 0.1) is 0 Å². The molecule has 2 N–H and O–H groups in total. The molecule has 2 heterocycles. The van der Waals surface area contributed by atoms with Crippen LogP contribution in [0.25, 0.3) is 10.9 Å². The zero-order valence-corrected chi connectivity index (χ0v) is 17.4. The van der Waals surface area contributed by atoms with Crippen LogP contribution in [0.2, 0.25) is 10.0 Å². The zero-order chi connectivity index (χ0) is 19.6. The predicted molar refractivity (Wildman–Crippen MR) is 108 cm³/mol. The van der Waals surface area contributed by atoms with Gasteiger partial charge in [0, 0.05) is 16.8 Å². The highest BCUT2D eigenvalue weighted by atomic mass is 35.5. The molecule has 0 spiro atoms. The first-order chi connectivity index (χ1) is 12.7. The number of hydrogen-bond donors (Lipinski definition) is 2. The van der Waals surface area contributed by atoms with Crippen LogP contribution in [-0.2, 0) is 17.9 Å². The van der Waals surface area contributed by atoms with E-state index in [1.165, 1.54) is 11.3 Å². The first-order valence-corrected chi connectivity index (χ1v) is 9.89. The number of halogens is 2. The second kappa shape index (κ2) is 7.96. The van der Waals surface area contributed by atoms with Crippen molar-refractivity contribution >= 4 is 51.5 Å². The Balaban J connectivity index is 1.74. The van der Waals surface area contributed by atoms with E-state index in [9.17, 15) is 4.79 Å². The maximum absolute atomic E-state index is 11.8. The van der Waals surface area contributed by atoms with Gasteiger partial charge in [-0.05, 0) is 26.8 Å². The van der Waals surface area contributed by atoms with Crippen molar-refractivity contribution in [1.82, 2.24) is 15.3 Å². The number of aromatic nitrogens is 2. The molecule has 0 atom stereocenters. The second-order valence-corrected chi connectivity index (χ2v) is 8.37. The molecule has 0 fully saturated rings. The first kappa shape index (κ1) is 19.8. The molecule has 144 valence electrons. The number of hydrogen-bond acceptors (Lipinski definition) is 5. The van der Waals surface area contributed by atoms with Gasteiger partial charge < -0.3 is 19.8 Å². The summed E-state index contributed by atoms with van der Waals surface area (Å²) in [5.74, 6) is 0.529. The Bertz CT molecular complexity index is 949. The smallest absolute Gasteiger partial charge is 0.407 e. The van der Waals surface area contributed by atoms with Gasteiger partial charge in [-0.25, -0.2) is 9.78 Å². The highest BCUT2D eigenvalue weighted by molar-refractivity contribution is 7.07. The molecule has 3 aromatic rings. The fraction of sp³-hybridized carbons (Fsp3) is 0.333. The van der Waals surface area contributed by atoms with Crippen LogP contribution < -0.4 is 10.1 Å². The standard InChI is InChI=1S/C18H19Cl2N3O3S/c1-18(2,3)26-17(24)21-6-14-16(20)11-4-12(19)15(5-13(11)23-14)25-7-10-8-27-9-22-10/h4-5,8-9,23H,6-7H2,1-3H3,(H,21,24). The quantitative estimate of drug-likeness (QED) is 0.560. The minimum Gasteiger partial charge on any atom is -0.486 e. The molecule has 0 saturated carbocycles. The molecule has 0 aliphatic heterocycles. The van der Waals surface area contributed by atoms with Gasteiger partial charge in [0.2, 0.25) is 0 Å². The number of ether oxygens (including phenoxy) is 2. The van der Waals surface area contributed by atoms with Crippen LogP contribution >= 0.6 is 34.5 Å². The third kappa shape index (κ3) is 5.06. The molecule has 0 aliphatic rings. The Labute approximate surface area is 170 Å². The van der Waals surface area contributed by atoms with E-state index in [4.69, 9.17) is 32.7 Å². The predicted octanol–water partition coefficient (Wildman–Crippen LogP) is 5.53. The van der Waals surface area contributed by atoms with E-state index in [2.05, 4.69) is 15.3 Å². The molecule has 0 bridgehead atoms. The lowest BCUT2D eigenvalue weighted by atomic mass is 10.2. The van der Waals surface area contributed by atoms with Crippen LogP contribution in [0.4, 0.5) is 4.79 Å². The average Bonchev–Trinajstić information content (AvgIpc) is 3.18. The van der Waals surface area contributed by atoms with E-state index in [0.29, 0.717) is 28.1 Å². The van der Waals surface area contributed by atoms with Crippen LogP contribution in [0.3, 0.4) is 0 Å². The van der Waals surface area contributed by atoms with Crippen LogP contribution in [0.15, 0.2) is 23.0 Å². The van der Waals surface area contributed by atoms with E-state index in [1.54, 1.807) is 38.4 Å². The number of rotatable bonds is 5. The summed E-state index contributed by atoms with van der Waals surface area (Å²) in [4.78, 5) is 19.2. The number of fused-ring (bicyclic) bond motifs is 1. The van der Waals surface area contributed by atoms with Crippen molar-refractivity contribution in [2.24, 2.45) is 0 Å². The monoisotopic (exact) mass is 427 g/mol. The van der Waals surface area contributed by atoms with Crippen molar-refractivity contribution in [2.45, 2.75) is 39.5 Å². The SMILES string of the molecule is CC(C)(C)OC(=O)NCc1[nH]c2cc(OCc3cscn3)c(Cl)cc2c1Cl. The average molecular weight is 428 g/mol. The molecule has 0 aliphatic carbocycles. The summed E-state index contributed by atoms with van der Waals surface area (Å²) in [6.07, 6.45) is -0.512. The number of nitrogens with zero attached hydrogens (tertiary/aromatic N) is 1. The molecule has 0 unspecified atom stereocenters. The number of thiazole rings is 1. The Morgan fingerprint density at radius 1 is 1.33 bits per heavy atom. The van der Waals surface area contributed by atoms with Crippen molar-refractivity contribution in [1.29, 1.82) is 0 Å². The van der Waals surface area contributed by atoms with E-state index in [1.807, 2.05) is 5.38 Å². The summed E-state index contributed by atoms with van der Waals surface area (Å²) in [6.45, 7) is 5.94. The molecule has 6 nitrogen and oxygen atoms in total. The number of carbonyl (C=O) groups excluding carboxylic acids is 1. The van der Waals surface area contributed by atoms with Crippen molar-refractivity contribution in [2.75, 3.05) is 0 Å². The Morgan fingerprint density at radius 3 is 2.78 bits per heavy atom. The fourth-order valence-electron chi connectivity index (χ4n) is 2.39. The van der Waals surface area contributed by atoms with Gasteiger partial charge in [-0.2, -0.15) is 0 Å². The van der Waals surface area contributed by atoms with Crippen molar-refractivity contribution < 1.29 is 14.3 Å². The number of carbonyl (C=O) groups is 1. The molecule has 3 rings (SSSR count). The van der Waals surface area contributed by atoms with Crippen molar-refractivity contribution in [3.8, 4) is 5.75 Å². The Morgan fingerprint density at radius 2 is 2.11 bits per heavy atom. The van der Waals surface area contributed by atoms with Gasteiger partial charge in [-0.1, -0.05) is 23.2 Å². The number of benzene rings is 1. The third-order valence-electron chi connectivity index (χ3n) is 3.53. The molecular formula is C18H19Cl2N3O3S. The summed E-state index contributed by atoms with van der Waals surface area (Å²) in [7, 11) is 0. The van der Waals surface area contributed by atoms with E-state index in [-0.39, 0.29) is 6.54 Å². The highest BCUT2D eigenvalue weighted by Crippen LogP contribution is 2.35. The van der Waals surface area contributed by atoms with Gasteiger partial charge in [0.1, 0.15) is 18.0 Å². The van der Waals surface area contributed by atoms with Crippen molar-refractivity contribution in [3.63, 3.8) is 0 Å². The van der Waals surface area contributed by atoms with Gasteiger partial charge in [-0.15, -0.1) is 11.3 Å². The number of aromatic amines is 1. The maximum Gasteiger partial charge on any atom is 0.407 e. The molecular weight excluding hydrogens is 409 g/mol. The number of alkyl carbamates (subject to hydrolysis) is 1. The minimum atomic E-state index is -0.564. The second-order valence-electron chi connectivity index (χ2n) is 6.87. The largest absolute Gasteiger partial charge is 0.486 e. The van der Waals surface area contributed by atoms with Gasteiger partial charge in [0.15, 0.2) is 0 Å². The fourth-order valence-corrected chi connectivity index (χ4v) is 3.42. The van der Waals surface area contributed by atoms with Gasteiger partial charge >= 0.3 is 6.09 Å². The summed E-state index contributed by atoms with van der Waals surface area (Å²) < 4.78 is 11.0. The van der Waals surface area contributed by atoms with Crippen LogP contribution in [0.5, 0.6) is 5.75 Å². The zero-order valence-electron chi connectivity index (χ0n) is 15.1. The molecule has 9 heteroatoms. The Kier molecular flexibility index (Phi) is 5.83. The summed E-state index contributed by atoms with van der Waals surface area (Å²) in [5, 5.41) is 6.29. The maximum atomic E-state index is 11.8. The molecule has 0 radical (unpaired) electrons. The number of amides is 1.